The fraction of sp³-hybridized carbons (Fsp3) is 0.0769. The van der Waals surface area contributed by atoms with E-state index in [0.717, 1.165) is 17.7 Å². The van der Waals surface area contributed by atoms with Crippen LogP contribution in [0.4, 0.5) is 5.69 Å². The minimum absolute atomic E-state index is 0.00791. The molecular weight excluding hydrogens is 400 g/mol. The molecule has 0 bridgehead atoms. The van der Waals surface area contributed by atoms with Gasteiger partial charge in [0.15, 0.2) is 0 Å². The Morgan fingerprint density at radius 1 is 0.969 bits per heavy atom. The molecule has 0 unspecified atom stereocenters. The van der Waals surface area contributed by atoms with Crippen LogP contribution in [0.2, 0.25) is 0 Å². The molecule has 0 atom stereocenters. The first kappa shape index (κ1) is 20.8. The molecular formula is C26H22N4O2. The molecule has 0 spiro atoms. The van der Waals surface area contributed by atoms with E-state index in [1.54, 1.807) is 24.3 Å². The number of benzene rings is 3. The zero-order valence-corrected chi connectivity index (χ0v) is 17.3. The summed E-state index contributed by atoms with van der Waals surface area (Å²) in [5, 5.41) is 16.3. The molecule has 4 aromatic rings. The summed E-state index contributed by atoms with van der Waals surface area (Å²) in [5.41, 5.74) is 2.86. The molecule has 0 saturated carbocycles. The average Bonchev–Trinajstić information content (AvgIpc) is 3.24. The second-order valence-corrected chi connectivity index (χ2v) is 7.13. The van der Waals surface area contributed by atoms with Crippen LogP contribution in [-0.4, -0.2) is 17.4 Å². The van der Waals surface area contributed by atoms with Crippen molar-refractivity contribution in [2.75, 3.05) is 11.9 Å². The van der Waals surface area contributed by atoms with Crippen LogP contribution >= 0.6 is 0 Å². The number of fused-ring (bicyclic) bond motifs is 1. The minimum Gasteiger partial charge on any atom is -0.457 e. The Morgan fingerprint density at radius 3 is 2.47 bits per heavy atom. The number of carbonyl (C=O) groups excluding carboxylic acids is 1. The number of nitriles is 1. The summed E-state index contributed by atoms with van der Waals surface area (Å²) in [7, 11) is 0. The van der Waals surface area contributed by atoms with Crippen molar-refractivity contribution in [3.63, 3.8) is 0 Å². The van der Waals surface area contributed by atoms with E-state index in [2.05, 4.69) is 21.7 Å². The van der Waals surface area contributed by atoms with Gasteiger partial charge in [-0.2, -0.15) is 5.26 Å². The molecule has 1 heterocycles. The highest BCUT2D eigenvalue weighted by Crippen LogP contribution is 2.23. The maximum atomic E-state index is 12.4. The first-order valence-electron chi connectivity index (χ1n) is 10.3. The van der Waals surface area contributed by atoms with Crippen LogP contribution in [-0.2, 0) is 11.2 Å². The lowest BCUT2D eigenvalue weighted by molar-refractivity contribution is -0.112. The van der Waals surface area contributed by atoms with E-state index in [-0.39, 0.29) is 5.57 Å². The van der Waals surface area contributed by atoms with Gasteiger partial charge in [-0.05, 0) is 54.4 Å². The predicted octanol–water partition coefficient (Wildman–Crippen LogP) is 5.14. The molecule has 1 amide bonds. The largest absolute Gasteiger partial charge is 0.457 e. The van der Waals surface area contributed by atoms with E-state index in [9.17, 15) is 10.1 Å². The topological polar surface area (TPSA) is 89.9 Å². The van der Waals surface area contributed by atoms with Gasteiger partial charge in [0.05, 0.1) is 0 Å². The van der Waals surface area contributed by atoms with Crippen molar-refractivity contribution in [1.82, 2.24) is 10.3 Å². The maximum absolute atomic E-state index is 12.4. The molecule has 6 nitrogen and oxygen atoms in total. The highest BCUT2D eigenvalue weighted by Gasteiger charge is 2.09. The number of carbonyl (C=O) groups is 1. The minimum atomic E-state index is -0.469. The Hall–Kier alpha value is -4.50. The maximum Gasteiger partial charge on any atom is 0.267 e. The van der Waals surface area contributed by atoms with Gasteiger partial charge in [-0.1, -0.05) is 36.4 Å². The number of para-hydroxylation sites is 2. The quantitative estimate of drug-likeness (QED) is 0.208. The summed E-state index contributed by atoms with van der Waals surface area (Å²) >= 11 is 0. The van der Waals surface area contributed by atoms with Crippen molar-refractivity contribution in [3.05, 3.63) is 102 Å². The van der Waals surface area contributed by atoms with Gasteiger partial charge in [-0.3, -0.25) is 4.79 Å². The molecule has 0 radical (unpaired) electrons. The normalized spacial score (nSPS) is 11.0. The Morgan fingerprint density at radius 2 is 1.69 bits per heavy atom. The molecule has 0 fully saturated rings. The number of aromatic nitrogens is 1. The fourth-order valence-electron chi connectivity index (χ4n) is 3.30. The average molecular weight is 422 g/mol. The number of nitrogens with zero attached hydrogens (tertiary/aromatic N) is 1. The Balaban J connectivity index is 1.30. The fourth-order valence-corrected chi connectivity index (χ4v) is 3.30. The summed E-state index contributed by atoms with van der Waals surface area (Å²) in [4.78, 5) is 15.7. The second kappa shape index (κ2) is 10.0. The van der Waals surface area contributed by atoms with E-state index >= 15 is 0 Å². The van der Waals surface area contributed by atoms with Crippen molar-refractivity contribution in [2.24, 2.45) is 0 Å². The number of rotatable bonds is 8. The van der Waals surface area contributed by atoms with Crippen LogP contribution in [0, 0.1) is 11.3 Å². The Kier molecular flexibility index (Phi) is 6.49. The van der Waals surface area contributed by atoms with E-state index in [1.165, 1.54) is 17.1 Å². The van der Waals surface area contributed by atoms with Crippen molar-refractivity contribution >= 4 is 22.5 Å². The molecule has 3 aromatic carbocycles. The highest BCUT2D eigenvalue weighted by atomic mass is 16.5. The van der Waals surface area contributed by atoms with Gasteiger partial charge in [0.1, 0.15) is 23.1 Å². The summed E-state index contributed by atoms with van der Waals surface area (Å²) < 4.78 is 5.74. The number of hydrogen-bond donors (Lipinski definition) is 3. The van der Waals surface area contributed by atoms with Crippen molar-refractivity contribution < 1.29 is 9.53 Å². The number of amides is 1. The lowest BCUT2D eigenvalue weighted by atomic mass is 10.1. The van der Waals surface area contributed by atoms with E-state index in [4.69, 9.17) is 4.74 Å². The monoisotopic (exact) mass is 422 g/mol. The van der Waals surface area contributed by atoms with E-state index in [0.29, 0.717) is 18.0 Å². The van der Waals surface area contributed by atoms with Crippen LogP contribution in [0.1, 0.15) is 5.56 Å². The molecule has 0 aliphatic rings. The van der Waals surface area contributed by atoms with Crippen molar-refractivity contribution in [1.29, 1.82) is 5.26 Å². The molecule has 0 aliphatic heterocycles. The number of hydrogen-bond acceptors (Lipinski definition) is 4. The molecule has 32 heavy (non-hydrogen) atoms. The zero-order valence-electron chi connectivity index (χ0n) is 17.3. The molecule has 6 heteroatoms. The lowest BCUT2D eigenvalue weighted by Gasteiger charge is -2.08. The lowest BCUT2D eigenvalue weighted by Crippen LogP contribution is -2.17. The first-order chi connectivity index (χ1) is 15.7. The molecule has 0 saturated heterocycles. The predicted molar refractivity (Wildman–Crippen MR) is 125 cm³/mol. The van der Waals surface area contributed by atoms with Crippen LogP contribution in [0.5, 0.6) is 11.5 Å². The number of H-pyrrole nitrogens is 1. The second-order valence-electron chi connectivity index (χ2n) is 7.13. The van der Waals surface area contributed by atoms with Gasteiger partial charge in [0.2, 0.25) is 0 Å². The van der Waals surface area contributed by atoms with Gasteiger partial charge in [0.25, 0.3) is 5.91 Å². The summed E-state index contributed by atoms with van der Waals surface area (Å²) in [6.07, 6.45) is 4.21. The Labute approximate surface area is 186 Å². The third-order valence-corrected chi connectivity index (χ3v) is 4.92. The highest BCUT2D eigenvalue weighted by molar-refractivity contribution is 6.06. The SMILES string of the molecule is N#C/C(=C/NCCc1c[nH]c2ccccc12)C(=O)Nc1ccc(Oc2ccccc2)cc1. The van der Waals surface area contributed by atoms with Crippen LogP contribution < -0.4 is 15.4 Å². The third-order valence-electron chi connectivity index (χ3n) is 4.92. The smallest absolute Gasteiger partial charge is 0.267 e. The summed E-state index contributed by atoms with van der Waals surface area (Å²) in [6.45, 7) is 0.603. The van der Waals surface area contributed by atoms with Gasteiger partial charge < -0.3 is 20.4 Å². The van der Waals surface area contributed by atoms with E-state index in [1.807, 2.05) is 60.8 Å². The van der Waals surface area contributed by atoms with Crippen LogP contribution in [0.25, 0.3) is 10.9 Å². The van der Waals surface area contributed by atoms with Gasteiger partial charge in [-0.25, -0.2) is 0 Å². The number of anilines is 1. The van der Waals surface area contributed by atoms with Gasteiger partial charge in [0, 0.05) is 35.5 Å². The number of aromatic amines is 1. The standard InChI is InChI=1S/C26H22N4O2/c27-16-20(17-28-15-14-19-18-29-25-9-5-4-8-24(19)25)26(31)30-21-10-12-23(13-11-21)32-22-6-2-1-3-7-22/h1-13,17-18,28-29H,14-15H2,(H,30,31)/b20-17-. The summed E-state index contributed by atoms with van der Waals surface area (Å²) in [5.74, 6) is 0.922. The molecule has 0 aliphatic carbocycles. The van der Waals surface area contributed by atoms with Gasteiger partial charge in [-0.15, -0.1) is 0 Å². The molecule has 1 aromatic heterocycles. The number of nitrogens with one attached hydrogen (secondary N) is 3. The summed E-state index contributed by atoms with van der Waals surface area (Å²) in [6, 6.07) is 26.5. The molecule has 4 rings (SSSR count). The molecule has 3 N–H and O–H groups in total. The van der Waals surface area contributed by atoms with E-state index < -0.39 is 5.91 Å². The van der Waals surface area contributed by atoms with Crippen LogP contribution in [0.15, 0.2) is 96.8 Å². The first-order valence-corrected chi connectivity index (χ1v) is 10.3. The van der Waals surface area contributed by atoms with Crippen LogP contribution in [0.3, 0.4) is 0 Å². The molecule has 158 valence electrons. The number of ether oxygens (including phenoxy) is 1. The third kappa shape index (κ3) is 5.15. The Bertz CT molecular complexity index is 1270. The van der Waals surface area contributed by atoms with Gasteiger partial charge >= 0.3 is 0 Å². The zero-order chi connectivity index (χ0) is 22.2. The van der Waals surface area contributed by atoms with Crippen molar-refractivity contribution in [3.8, 4) is 17.6 Å². The van der Waals surface area contributed by atoms with Crippen molar-refractivity contribution in [2.45, 2.75) is 6.42 Å².